The summed E-state index contributed by atoms with van der Waals surface area (Å²) in [5, 5.41) is 15.0. The molecule has 1 N–H and O–H groups in total. The number of aromatic nitrogens is 2. The molecule has 0 fully saturated rings. The third-order valence-electron chi connectivity index (χ3n) is 3.31. The molecule has 2 aromatic carbocycles. The van der Waals surface area contributed by atoms with Gasteiger partial charge in [-0.25, -0.2) is 4.98 Å². The molecule has 126 valence electrons. The van der Waals surface area contributed by atoms with Crippen LogP contribution in [0.25, 0.3) is 0 Å². The van der Waals surface area contributed by atoms with Crippen LogP contribution in [0.5, 0.6) is 11.6 Å². The van der Waals surface area contributed by atoms with Crippen molar-refractivity contribution in [2.75, 3.05) is 5.32 Å². The van der Waals surface area contributed by atoms with E-state index in [1.54, 1.807) is 36.4 Å². The van der Waals surface area contributed by atoms with Crippen LogP contribution in [0.4, 0.5) is 17.2 Å². The zero-order valence-electron chi connectivity index (χ0n) is 13.1. The lowest BCUT2D eigenvalue weighted by Crippen LogP contribution is -2.03. The number of benzene rings is 2. The first-order chi connectivity index (χ1) is 12.0. The molecular formula is C17H13ClN4O3. The van der Waals surface area contributed by atoms with Crippen molar-refractivity contribution < 1.29 is 9.66 Å². The van der Waals surface area contributed by atoms with Crippen molar-refractivity contribution >= 4 is 28.8 Å². The molecule has 3 aromatic rings. The highest BCUT2D eigenvalue weighted by Crippen LogP contribution is 2.35. The Morgan fingerprint density at radius 3 is 2.40 bits per heavy atom. The molecule has 8 heteroatoms. The van der Waals surface area contributed by atoms with Crippen molar-refractivity contribution in [2.45, 2.75) is 6.92 Å². The highest BCUT2D eigenvalue weighted by atomic mass is 35.5. The van der Waals surface area contributed by atoms with Gasteiger partial charge < -0.3 is 10.1 Å². The molecular weight excluding hydrogens is 344 g/mol. The summed E-state index contributed by atoms with van der Waals surface area (Å²) in [4.78, 5) is 18.8. The van der Waals surface area contributed by atoms with Crippen LogP contribution < -0.4 is 10.1 Å². The van der Waals surface area contributed by atoms with Crippen LogP contribution in [0.15, 0.2) is 54.9 Å². The molecule has 0 bridgehead atoms. The monoisotopic (exact) mass is 356 g/mol. The van der Waals surface area contributed by atoms with Gasteiger partial charge in [0.2, 0.25) is 5.82 Å². The molecule has 0 saturated carbocycles. The molecule has 7 nitrogen and oxygen atoms in total. The molecule has 0 atom stereocenters. The van der Waals surface area contributed by atoms with E-state index in [0.29, 0.717) is 16.5 Å². The highest BCUT2D eigenvalue weighted by Gasteiger charge is 2.25. The van der Waals surface area contributed by atoms with E-state index in [4.69, 9.17) is 16.3 Å². The van der Waals surface area contributed by atoms with Crippen LogP contribution >= 0.6 is 11.6 Å². The summed E-state index contributed by atoms with van der Waals surface area (Å²) in [6.07, 6.45) is 1.20. The smallest absolute Gasteiger partial charge is 0.373 e. The van der Waals surface area contributed by atoms with Crippen LogP contribution in [0.1, 0.15) is 5.56 Å². The van der Waals surface area contributed by atoms with Crippen molar-refractivity contribution in [2.24, 2.45) is 0 Å². The predicted octanol–water partition coefficient (Wildman–Crippen LogP) is 4.88. The minimum Gasteiger partial charge on any atom is -0.434 e. The van der Waals surface area contributed by atoms with E-state index in [2.05, 4.69) is 15.3 Å². The second kappa shape index (κ2) is 7.14. The fourth-order valence-electron chi connectivity index (χ4n) is 2.08. The van der Waals surface area contributed by atoms with E-state index in [1.165, 1.54) is 6.33 Å². The normalized spacial score (nSPS) is 10.3. The summed E-state index contributed by atoms with van der Waals surface area (Å²) < 4.78 is 5.57. The molecule has 0 aliphatic rings. The molecule has 0 spiro atoms. The molecule has 1 heterocycles. The lowest BCUT2D eigenvalue weighted by Gasteiger charge is -2.09. The van der Waals surface area contributed by atoms with Gasteiger partial charge in [-0.2, -0.15) is 4.98 Å². The van der Waals surface area contributed by atoms with Gasteiger partial charge in [-0.15, -0.1) is 0 Å². The Hall–Kier alpha value is -3.19. The average molecular weight is 357 g/mol. The molecule has 0 aliphatic carbocycles. The third-order valence-corrected chi connectivity index (χ3v) is 3.57. The molecule has 0 saturated heterocycles. The largest absolute Gasteiger partial charge is 0.434 e. The molecule has 3 rings (SSSR count). The number of halogens is 1. The van der Waals surface area contributed by atoms with E-state index in [-0.39, 0.29) is 17.4 Å². The molecule has 25 heavy (non-hydrogen) atoms. The van der Waals surface area contributed by atoms with Crippen molar-refractivity contribution in [3.63, 3.8) is 0 Å². The topological polar surface area (TPSA) is 90.2 Å². The minimum absolute atomic E-state index is 0.0319. The molecule has 1 aromatic heterocycles. The molecule has 0 unspecified atom stereocenters. The molecule has 0 radical (unpaired) electrons. The van der Waals surface area contributed by atoms with Gasteiger partial charge in [0.1, 0.15) is 12.1 Å². The third kappa shape index (κ3) is 4.02. The standard InChI is InChI=1S/C17H13ClN4O3/c1-11-2-8-14(9-3-11)25-17-15(22(23)24)16(19-10-20-17)21-13-6-4-12(18)5-7-13/h2-10H,1H3,(H,19,20,21). The lowest BCUT2D eigenvalue weighted by molar-refractivity contribution is -0.385. The fraction of sp³-hybridized carbons (Fsp3) is 0.0588. The summed E-state index contributed by atoms with van der Waals surface area (Å²) >= 11 is 5.84. The number of ether oxygens (including phenoxy) is 1. The number of nitro groups is 1. The van der Waals surface area contributed by atoms with Gasteiger partial charge in [0.25, 0.3) is 0 Å². The summed E-state index contributed by atoms with van der Waals surface area (Å²) in [6.45, 7) is 1.94. The highest BCUT2D eigenvalue weighted by molar-refractivity contribution is 6.30. The van der Waals surface area contributed by atoms with Crippen LogP contribution in [0.3, 0.4) is 0 Å². The zero-order chi connectivity index (χ0) is 17.8. The quantitative estimate of drug-likeness (QED) is 0.517. The Balaban J connectivity index is 1.94. The van der Waals surface area contributed by atoms with E-state index < -0.39 is 4.92 Å². The summed E-state index contributed by atoms with van der Waals surface area (Å²) in [6, 6.07) is 13.8. The van der Waals surface area contributed by atoms with Gasteiger partial charge in [-0.05, 0) is 43.3 Å². The van der Waals surface area contributed by atoms with Crippen LogP contribution in [-0.2, 0) is 0 Å². The number of aryl methyl sites for hydroxylation is 1. The van der Waals surface area contributed by atoms with E-state index in [0.717, 1.165) is 5.56 Å². The number of hydrogen-bond acceptors (Lipinski definition) is 6. The lowest BCUT2D eigenvalue weighted by atomic mass is 10.2. The van der Waals surface area contributed by atoms with Gasteiger partial charge in [0.15, 0.2) is 0 Å². The van der Waals surface area contributed by atoms with Crippen LogP contribution in [-0.4, -0.2) is 14.9 Å². The number of hydrogen-bond donors (Lipinski definition) is 1. The Bertz CT molecular complexity index is 833. The second-order valence-corrected chi connectivity index (χ2v) is 5.62. The molecule has 0 amide bonds. The van der Waals surface area contributed by atoms with Crippen molar-refractivity contribution in [3.8, 4) is 11.6 Å². The predicted molar refractivity (Wildman–Crippen MR) is 94.7 cm³/mol. The van der Waals surface area contributed by atoms with Gasteiger partial charge in [0.05, 0.1) is 4.92 Å². The van der Waals surface area contributed by atoms with Crippen LogP contribution in [0, 0.1) is 17.0 Å². The van der Waals surface area contributed by atoms with Gasteiger partial charge in [-0.3, -0.25) is 10.1 Å². The van der Waals surface area contributed by atoms with Crippen LogP contribution in [0.2, 0.25) is 5.02 Å². The Morgan fingerprint density at radius 2 is 1.76 bits per heavy atom. The van der Waals surface area contributed by atoms with Gasteiger partial charge in [0, 0.05) is 10.7 Å². The van der Waals surface area contributed by atoms with Crippen molar-refractivity contribution in [3.05, 3.63) is 75.6 Å². The first kappa shape index (κ1) is 16.7. The maximum Gasteiger partial charge on any atom is 0.373 e. The first-order valence-electron chi connectivity index (χ1n) is 7.29. The fourth-order valence-corrected chi connectivity index (χ4v) is 2.21. The SMILES string of the molecule is Cc1ccc(Oc2ncnc(Nc3ccc(Cl)cc3)c2[N+](=O)[O-])cc1. The first-order valence-corrected chi connectivity index (χ1v) is 7.67. The summed E-state index contributed by atoms with van der Waals surface area (Å²) in [7, 11) is 0. The van der Waals surface area contributed by atoms with E-state index >= 15 is 0 Å². The van der Waals surface area contributed by atoms with Gasteiger partial charge in [-0.1, -0.05) is 29.3 Å². The minimum atomic E-state index is -0.582. The maximum atomic E-state index is 11.5. The van der Waals surface area contributed by atoms with E-state index in [9.17, 15) is 10.1 Å². The Labute approximate surface area is 148 Å². The molecule has 0 aliphatic heterocycles. The second-order valence-electron chi connectivity index (χ2n) is 5.18. The maximum absolute atomic E-state index is 11.5. The van der Waals surface area contributed by atoms with Gasteiger partial charge >= 0.3 is 11.6 Å². The van der Waals surface area contributed by atoms with E-state index in [1.807, 2.05) is 19.1 Å². The van der Waals surface area contributed by atoms with Crippen molar-refractivity contribution in [1.29, 1.82) is 0 Å². The zero-order valence-corrected chi connectivity index (χ0v) is 13.9. The number of anilines is 2. The Kier molecular flexibility index (Phi) is 4.76. The number of nitrogens with zero attached hydrogens (tertiary/aromatic N) is 3. The summed E-state index contributed by atoms with van der Waals surface area (Å²) in [5.41, 5.74) is 1.31. The Morgan fingerprint density at radius 1 is 1.08 bits per heavy atom. The summed E-state index contributed by atoms with van der Waals surface area (Å²) in [5.74, 6) is 0.342. The number of rotatable bonds is 5. The average Bonchev–Trinajstić information content (AvgIpc) is 2.59. The number of nitrogens with one attached hydrogen (secondary N) is 1. The van der Waals surface area contributed by atoms with Crippen molar-refractivity contribution in [1.82, 2.24) is 9.97 Å².